The maximum absolute atomic E-state index is 5.58. The van der Waals surface area contributed by atoms with Gasteiger partial charge in [-0.2, -0.15) is 0 Å². The quantitative estimate of drug-likeness (QED) is 0.172. The van der Waals surface area contributed by atoms with Gasteiger partial charge in [0.1, 0.15) is 0 Å². The van der Waals surface area contributed by atoms with Crippen LogP contribution in [0.15, 0.2) is 273 Å². The number of benzene rings is 10. The van der Waals surface area contributed by atoms with Crippen LogP contribution in [0.4, 0.5) is 34.1 Å². The number of pyridine rings is 2. The van der Waals surface area contributed by atoms with E-state index in [0.29, 0.717) is 0 Å². The molecule has 0 saturated heterocycles. The van der Waals surface area contributed by atoms with E-state index in [-0.39, 0.29) is 0 Å². The lowest BCUT2D eigenvalue weighted by molar-refractivity contribution is 0.743. The molecule has 0 amide bonds. The first-order valence-corrected chi connectivity index (χ1v) is 26.6. The van der Waals surface area contributed by atoms with Crippen molar-refractivity contribution in [2.45, 2.75) is 10.8 Å². The van der Waals surface area contributed by atoms with Gasteiger partial charge in [-0.15, -0.1) is 0 Å². The second-order valence-electron chi connectivity index (χ2n) is 20.8. The third kappa shape index (κ3) is 5.46. The van der Waals surface area contributed by atoms with Gasteiger partial charge in [0.2, 0.25) is 0 Å². The van der Waals surface area contributed by atoms with E-state index in [2.05, 4.69) is 281 Å². The summed E-state index contributed by atoms with van der Waals surface area (Å²) in [5, 5.41) is 2.34. The van der Waals surface area contributed by atoms with Crippen molar-refractivity contribution < 1.29 is 0 Å². The molecule has 0 bridgehead atoms. The SMILES string of the molecule is c1ccc(N(c2ccccc2)c2ccc3c(c2)c2ccccc2n3-c2cnc3c(c2)C2(c4ccccc4N(c4ccccc4)c4cc5c(cc42)-c2ccccc2C52c4ccccc4-c4ccccc42)c2cccnc2-3)cc1. The summed E-state index contributed by atoms with van der Waals surface area (Å²) in [6, 6.07) is 96.4. The lowest BCUT2D eigenvalue weighted by Gasteiger charge is -2.45. The molecule has 0 radical (unpaired) electrons. The molecule has 3 aliphatic carbocycles. The maximum Gasteiger partial charge on any atom is 0.0939 e. The van der Waals surface area contributed by atoms with Gasteiger partial charge >= 0.3 is 0 Å². The van der Waals surface area contributed by atoms with Crippen LogP contribution in [0.1, 0.15) is 44.5 Å². The van der Waals surface area contributed by atoms with Gasteiger partial charge in [-0.05, 0) is 152 Å². The molecule has 77 heavy (non-hydrogen) atoms. The second-order valence-corrected chi connectivity index (χ2v) is 20.8. The Balaban J connectivity index is 0.956. The van der Waals surface area contributed by atoms with Crippen molar-refractivity contribution in [1.29, 1.82) is 0 Å². The van der Waals surface area contributed by atoms with E-state index in [1.165, 1.54) is 66.4 Å². The summed E-state index contributed by atoms with van der Waals surface area (Å²) in [5.41, 5.74) is 25.3. The third-order valence-corrected chi connectivity index (χ3v) is 17.2. The minimum absolute atomic E-state index is 0.530. The molecule has 2 spiro atoms. The number of aromatic nitrogens is 3. The van der Waals surface area contributed by atoms with Gasteiger partial charge in [-0.25, -0.2) is 0 Å². The average molecular weight is 980 g/mol. The molecule has 1 atom stereocenters. The number of fused-ring (bicyclic) bond motifs is 22. The highest BCUT2D eigenvalue weighted by Gasteiger charge is 2.57. The van der Waals surface area contributed by atoms with Crippen LogP contribution in [-0.4, -0.2) is 14.5 Å². The van der Waals surface area contributed by atoms with E-state index in [4.69, 9.17) is 9.97 Å². The van der Waals surface area contributed by atoms with E-state index in [1.807, 2.05) is 6.20 Å². The van der Waals surface area contributed by atoms with Crippen LogP contribution in [0.5, 0.6) is 0 Å². The zero-order chi connectivity index (χ0) is 50.4. The minimum Gasteiger partial charge on any atom is -0.310 e. The predicted molar refractivity (Wildman–Crippen MR) is 313 cm³/mol. The van der Waals surface area contributed by atoms with Crippen LogP contribution in [0.2, 0.25) is 0 Å². The maximum atomic E-state index is 5.58. The second kappa shape index (κ2) is 15.7. The molecule has 10 aromatic carbocycles. The molecular weight excluding hydrogens is 935 g/mol. The standard InChI is InChI=1S/C72H45N5/c1-4-21-46(22-5-1)75(47-23-6-2-7-24-47)49-38-39-66-56(41-49)54-30-13-18-36-65(54)77(66)50-42-64-70(74-45-50)69-61(35-20-40-73-69)72(64)60-34-17-19-37-67(60)76(48-25-8-3-9-26-48)68-44-62-55(43-63(68)72)53-29-12-16-33-59(53)71(62)57-31-14-10-27-51(57)52-28-11-15-32-58(52)71/h1-45H. The number of rotatable bonds is 5. The van der Waals surface area contributed by atoms with Crippen molar-refractivity contribution in [1.82, 2.24) is 14.5 Å². The Morgan fingerprint density at radius 3 is 1.56 bits per heavy atom. The highest BCUT2D eigenvalue weighted by molar-refractivity contribution is 6.11. The van der Waals surface area contributed by atoms with Gasteiger partial charge in [-0.3, -0.25) is 9.97 Å². The fraction of sp³-hybridized carbons (Fsp3) is 0.0278. The van der Waals surface area contributed by atoms with E-state index < -0.39 is 10.8 Å². The largest absolute Gasteiger partial charge is 0.310 e. The average Bonchev–Trinajstić information content (AvgIpc) is 3.45. The topological polar surface area (TPSA) is 37.2 Å². The summed E-state index contributed by atoms with van der Waals surface area (Å²) in [6.07, 6.45) is 4.00. The molecule has 0 N–H and O–H groups in total. The van der Waals surface area contributed by atoms with Gasteiger partial charge in [0, 0.05) is 45.3 Å². The smallest absolute Gasteiger partial charge is 0.0939 e. The zero-order valence-electron chi connectivity index (χ0n) is 41.7. The van der Waals surface area contributed by atoms with Crippen LogP contribution in [0, 0.1) is 0 Å². The Kier molecular flexibility index (Phi) is 8.63. The van der Waals surface area contributed by atoms with Crippen molar-refractivity contribution in [3.63, 3.8) is 0 Å². The first kappa shape index (κ1) is 42.3. The van der Waals surface area contributed by atoms with Crippen LogP contribution >= 0.6 is 0 Å². The lowest BCUT2D eigenvalue weighted by Crippen LogP contribution is -2.37. The van der Waals surface area contributed by atoms with Crippen molar-refractivity contribution in [3.8, 4) is 39.3 Å². The summed E-state index contributed by atoms with van der Waals surface area (Å²) in [4.78, 5) is 15.7. The number of hydrogen-bond donors (Lipinski definition) is 0. The number of anilines is 6. The number of hydrogen-bond acceptors (Lipinski definition) is 4. The minimum atomic E-state index is -0.817. The Morgan fingerprint density at radius 2 is 0.857 bits per heavy atom. The van der Waals surface area contributed by atoms with Crippen molar-refractivity contribution in [3.05, 3.63) is 318 Å². The lowest BCUT2D eigenvalue weighted by atomic mass is 9.63. The number of nitrogens with zero attached hydrogens (tertiary/aromatic N) is 5. The Bertz CT molecular complexity index is 4510. The van der Waals surface area contributed by atoms with Gasteiger partial charge < -0.3 is 14.4 Å². The summed E-state index contributed by atoms with van der Waals surface area (Å²) in [7, 11) is 0. The van der Waals surface area contributed by atoms with Crippen molar-refractivity contribution in [2.24, 2.45) is 0 Å². The van der Waals surface area contributed by atoms with Gasteiger partial charge in [0.25, 0.3) is 0 Å². The molecule has 4 aliphatic rings. The summed E-state index contributed by atoms with van der Waals surface area (Å²) in [6.45, 7) is 0. The van der Waals surface area contributed by atoms with Crippen molar-refractivity contribution >= 4 is 55.9 Å². The number of para-hydroxylation sites is 5. The van der Waals surface area contributed by atoms with Crippen LogP contribution in [0.25, 0.3) is 61.1 Å². The summed E-state index contributed by atoms with van der Waals surface area (Å²) < 4.78 is 2.42. The molecule has 13 aromatic rings. The fourth-order valence-electron chi connectivity index (χ4n) is 14.4. The van der Waals surface area contributed by atoms with Gasteiger partial charge in [0.05, 0.1) is 56.5 Å². The normalized spacial score (nSPS) is 15.4. The molecule has 0 fully saturated rings. The van der Waals surface area contributed by atoms with Crippen LogP contribution in [-0.2, 0) is 10.8 Å². The van der Waals surface area contributed by atoms with E-state index in [1.54, 1.807) is 0 Å². The fourth-order valence-corrected chi connectivity index (χ4v) is 14.4. The molecule has 5 nitrogen and oxygen atoms in total. The first-order valence-electron chi connectivity index (χ1n) is 26.6. The molecule has 358 valence electrons. The first-order chi connectivity index (χ1) is 38.2. The Morgan fingerprint density at radius 1 is 0.312 bits per heavy atom. The highest BCUT2D eigenvalue weighted by atomic mass is 15.2. The highest BCUT2D eigenvalue weighted by Crippen LogP contribution is 2.68. The molecule has 3 aromatic heterocycles. The third-order valence-electron chi connectivity index (χ3n) is 17.2. The Hall–Kier alpha value is -10.1. The van der Waals surface area contributed by atoms with Crippen LogP contribution < -0.4 is 9.80 Å². The summed E-state index contributed by atoms with van der Waals surface area (Å²) >= 11 is 0. The molecule has 4 heterocycles. The van der Waals surface area contributed by atoms with Gasteiger partial charge in [0.15, 0.2) is 0 Å². The monoisotopic (exact) mass is 979 g/mol. The molecular formula is C72H45N5. The van der Waals surface area contributed by atoms with E-state index >= 15 is 0 Å². The summed E-state index contributed by atoms with van der Waals surface area (Å²) in [5.74, 6) is 0. The molecule has 1 unspecified atom stereocenters. The molecule has 0 saturated carbocycles. The predicted octanol–water partition coefficient (Wildman–Crippen LogP) is 17.5. The van der Waals surface area contributed by atoms with Crippen LogP contribution in [0.3, 0.4) is 0 Å². The molecule has 17 rings (SSSR count). The molecule has 5 heteroatoms. The Labute approximate surface area is 445 Å². The zero-order valence-corrected chi connectivity index (χ0v) is 41.7. The van der Waals surface area contributed by atoms with Crippen molar-refractivity contribution in [2.75, 3.05) is 9.80 Å². The van der Waals surface area contributed by atoms with Gasteiger partial charge in [-0.1, -0.05) is 170 Å². The van der Waals surface area contributed by atoms with E-state index in [9.17, 15) is 0 Å². The van der Waals surface area contributed by atoms with E-state index in [0.717, 1.165) is 73.4 Å². The molecule has 1 aliphatic heterocycles.